The Labute approximate surface area is 176 Å². The molecule has 6 nitrogen and oxygen atoms in total. The van der Waals surface area contributed by atoms with Gasteiger partial charge < -0.3 is 14.6 Å². The number of nitrogens with one attached hydrogen (secondary N) is 1. The first-order chi connectivity index (χ1) is 14.3. The van der Waals surface area contributed by atoms with Gasteiger partial charge >= 0.3 is 0 Å². The molecule has 1 N–H and O–H groups in total. The average Bonchev–Trinajstić information content (AvgIpc) is 3.15. The van der Waals surface area contributed by atoms with Gasteiger partial charge in [-0.2, -0.15) is 0 Å². The molecule has 0 spiro atoms. The molecule has 0 bridgehead atoms. The molecule has 4 rings (SSSR count). The van der Waals surface area contributed by atoms with Gasteiger partial charge in [-0.1, -0.05) is 12.1 Å². The summed E-state index contributed by atoms with van der Waals surface area (Å²) in [5.74, 6) is 1.13. The second-order valence-corrected chi connectivity index (χ2v) is 10.1. The van der Waals surface area contributed by atoms with E-state index in [9.17, 15) is 13.2 Å². The van der Waals surface area contributed by atoms with Crippen molar-refractivity contribution in [1.82, 2.24) is 9.88 Å². The lowest BCUT2D eigenvalue weighted by Crippen LogP contribution is -2.37. The van der Waals surface area contributed by atoms with Gasteiger partial charge in [0.1, 0.15) is 5.75 Å². The molecule has 1 amide bonds. The van der Waals surface area contributed by atoms with Crippen LogP contribution in [0.15, 0.2) is 48.7 Å². The molecule has 0 atom stereocenters. The maximum Gasteiger partial charge on any atom is 0.253 e. The maximum atomic E-state index is 13.0. The Morgan fingerprint density at radius 3 is 2.63 bits per heavy atom. The standard InChI is InChI=1S/C23H26N2O4S/c1-29-19-6-7-22-20(13-19)21(14-24-22)17-8-10-25(11-9-17)23(26)18-5-3-4-16(12-18)15-30(2,27)28/h3-7,12-14,17,24H,8-11,15H2,1-2H3. The van der Waals surface area contributed by atoms with Crippen molar-refractivity contribution >= 4 is 26.6 Å². The van der Waals surface area contributed by atoms with E-state index in [4.69, 9.17) is 4.74 Å². The van der Waals surface area contributed by atoms with Crippen LogP contribution in [0.4, 0.5) is 0 Å². The van der Waals surface area contributed by atoms with Crippen LogP contribution in [0.5, 0.6) is 5.75 Å². The minimum absolute atomic E-state index is 0.0376. The third-order valence-corrected chi connectivity index (χ3v) is 6.60. The Morgan fingerprint density at radius 1 is 1.17 bits per heavy atom. The number of methoxy groups -OCH3 is 1. The summed E-state index contributed by atoms with van der Waals surface area (Å²) in [6, 6.07) is 13.0. The van der Waals surface area contributed by atoms with E-state index in [1.807, 2.05) is 17.0 Å². The zero-order valence-corrected chi connectivity index (χ0v) is 18.0. The normalized spacial score (nSPS) is 15.5. The third kappa shape index (κ3) is 4.36. The van der Waals surface area contributed by atoms with Gasteiger partial charge in [0.2, 0.25) is 0 Å². The predicted molar refractivity (Wildman–Crippen MR) is 118 cm³/mol. The predicted octanol–water partition coefficient (Wildman–Crippen LogP) is 3.74. The van der Waals surface area contributed by atoms with E-state index >= 15 is 0 Å². The number of carbonyl (C=O) groups is 1. The summed E-state index contributed by atoms with van der Waals surface area (Å²) < 4.78 is 28.5. The number of amides is 1. The Hall–Kier alpha value is -2.80. The van der Waals surface area contributed by atoms with Crippen LogP contribution in [0.3, 0.4) is 0 Å². The molecule has 158 valence electrons. The fraction of sp³-hybridized carbons (Fsp3) is 0.348. The second kappa shape index (κ2) is 8.14. The van der Waals surface area contributed by atoms with Gasteiger partial charge in [0, 0.05) is 42.0 Å². The highest BCUT2D eigenvalue weighted by Gasteiger charge is 2.26. The molecule has 1 fully saturated rings. The Kier molecular flexibility index (Phi) is 5.56. The number of benzene rings is 2. The van der Waals surface area contributed by atoms with Gasteiger partial charge in [0.05, 0.1) is 12.9 Å². The minimum atomic E-state index is -3.14. The molecule has 0 radical (unpaired) electrons. The maximum absolute atomic E-state index is 13.0. The zero-order valence-electron chi connectivity index (χ0n) is 17.2. The summed E-state index contributed by atoms with van der Waals surface area (Å²) in [7, 11) is -1.47. The molecule has 2 heterocycles. The smallest absolute Gasteiger partial charge is 0.253 e. The molecular formula is C23H26N2O4S. The molecule has 0 saturated carbocycles. The molecule has 30 heavy (non-hydrogen) atoms. The summed E-state index contributed by atoms with van der Waals surface area (Å²) in [5.41, 5.74) is 3.55. The van der Waals surface area contributed by atoms with Gasteiger partial charge in [-0.25, -0.2) is 8.42 Å². The van der Waals surface area contributed by atoms with E-state index in [0.717, 1.165) is 24.1 Å². The summed E-state index contributed by atoms with van der Waals surface area (Å²) in [6.07, 6.45) is 5.05. The van der Waals surface area contributed by atoms with Crippen molar-refractivity contribution in [3.8, 4) is 5.75 Å². The van der Waals surface area contributed by atoms with Crippen LogP contribution >= 0.6 is 0 Å². The Bertz CT molecular complexity index is 1170. The molecule has 0 aliphatic carbocycles. The highest BCUT2D eigenvalue weighted by atomic mass is 32.2. The minimum Gasteiger partial charge on any atom is -0.497 e. The van der Waals surface area contributed by atoms with Crippen LogP contribution in [-0.4, -0.2) is 50.7 Å². The topological polar surface area (TPSA) is 79.5 Å². The second-order valence-electron chi connectivity index (χ2n) is 7.99. The quantitative estimate of drug-likeness (QED) is 0.674. The fourth-order valence-corrected chi connectivity index (χ4v) is 5.04. The van der Waals surface area contributed by atoms with Crippen LogP contribution in [0.1, 0.15) is 40.2 Å². The monoisotopic (exact) mass is 426 g/mol. The Morgan fingerprint density at radius 2 is 1.93 bits per heavy atom. The third-order valence-electron chi connectivity index (χ3n) is 5.75. The number of sulfone groups is 1. The van der Waals surface area contributed by atoms with Crippen LogP contribution in [-0.2, 0) is 15.6 Å². The van der Waals surface area contributed by atoms with Crippen molar-refractivity contribution in [2.45, 2.75) is 24.5 Å². The number of ether oxygens (including phenoxy) is 1. The van der Waals surface area contributed by atoms with Crippen molar-refractivity contribution in [3.05, 3.63) is 65.4 Å². The Balaban J connectivity index is 1.46. The molecule has 7 heteroatoms. The van der Waals surface area contributed by atoms with E-state index in [-0.39, 0.29) is 11.7 Å². The largest absolute Gasteiger partial charge is 0.497 e. The van der Waals surface area contributed by atoms with Gasteiger partial charge in [-0.05, 0) is 60.2 Å². The number of fused-ring (bicyclic) bond motifs is 1. The molecule has 1 aliphatic heterocycles. The van der Waals surface area contributed by atoms with Crippen molar-refractivity contribution in [2.75, 3.05) is 26.5 Å². The number of piperidine rings is 1. The van der Waals surface area contributed by atoms with E-state index in [2.05, 4.69) is 17.2 Å². The zero-order chi connectivity index (χ0) is 21.3. The molecule has 1 aliphatic rings. The van der Waals surface area contributed by atoms with Crippen LogP contribution < -0.4 is 4.74 Å². The van der Waals surface area contributed by atoms with Crippen molar-refractivity contribution in [2.24, 2.45) is 0 Å². The number of likely N-dealkylation sites (tertiary alicyclic amines) is 1. The number of carbonyl (C=O) groups excluding carboxylic acids is 1. The first kappa shape index (κ1) is 20.5. The summed E-state index contributed by atoms with van der Waals surface area (Å²) in [6.45, 7) is 1.35. The molecule has 1 saturated heterocycles. The van der Waals surface area contributed by atoms with E-state index in [0.29, 0.717) is 30.1 Å². The number of H-pyrrole nitrogens is 1. The van der Waals surface area contributed by atoms with E-state index in [1.54, 1.807) is 31.4 Å². The van der Waals surface area contributed by atoms with Gasteiger partial charge in [-0.3, -0.25) is 4.79 Å². The van der Waals surface area contributed by atoms with Crippen LogP contribution in [0.2, 0.25) is 0 Å². The SMILES string of the molecule is COc1ccc2[nH]cc(C3CCN(C(=O)c4cccc(CS(C)(=O)=O)c4)CC3)c2c1. The molecular weight excluding hydrogens is 400 g/mol. The number of aromatic nitrogens is 1. The number of hydrogen-bond acceptors (Lipinski definition) is 4. The molecule has 1 aromatic heterocycles. The van der Waals surface area contributed by atoms with E-state index in [1.165, 1.54) is 17.2 Å². The van der Waals surface area contributed by atoms with Gasteiger partial charge in [-0.15, -0.1) is 0 Å². The number of nitrogens with zero attached hydrogens (tertiary/aromatic N) is 1. The lowest BCUT2D eigenvalue weighted by molar-refractivity contribution is 0.0713. The van der Waals surface area contributed by atoms with Crippen molar-refractivity contribution in [1.29, 1.82) is 0 Å². The highest BCUT2D eigenvalue weighted by molar-refractivity contribution is 7.89. The van der Waals surface area contributed by atoms with Crippen molar-refractivity contribution < 1.29 is 17.9 Å². The lowest BCUT2D eigenvalue weighted by Gasteiger charge is -2.32. The number of rotatable bonds is 5. The molecule has 2 aromatic carbocycles. The summed E-state index contributed by atoms with van der Waals surface area (Å²) in [5, 5.41) is 1.17. The van der Waals surface area contributed by atoms with Gasteiger partial charge in [0.15, 0.2) is 9.84 Å². The molecule has 0 unspecified atom stereocenters. The van der Waals surface area contributed by atoms with Crippen LogP contribution in [0, 0.1) is 0 Å². The fourth-order valence-electron chi connectivity index (χ4n) is 4.26. The number of aromatic amines is 1. The molecule has 3 aromatic rings. The lowest BCUT2D eigenvalue weighted by atomic mass is 9.89. The van der Waals surface area contributed by atoms with Crippen molar-refractivity contribution in [3.63, 3.8) is 0 Å². The van der Waals surface area contributed by atoms with Gasteiger partial charge in [0.25, 0.3) is 5.91 Å². The average molecular weight is 427 g/mol. The summed E-state index contributed by atoms with van der Waals surface area (Å²) >= 11 is 0. The van der Waals surface area contributed by atoms with Crippen LogP contribution in [0.25, 0.3) is 10.9 Å². The number of hydrogen-bond donors (Lipinski definition) is 1. The first-order valence-corrected chi connectivity index (χ1v) is 12.1. The van der Waals surface area contributed by atoms with E-state index < -0.39 is 9.84 Å². The summed E-state index contributed by atoms with van der Waals surface area (Å²) in [4.78, 5) is 18.2. The highest BCUT2D eigenvalue weighted by Crippen LogP contribution is 2.35. The first-order valence-electron chi connectivity index (χ1n) is 10.0.